The first-order valence-electron chi connectivity index (χ1n) is 7.69. The Balaban J connectivity index is 1.97. The van der Waals surface area contributed by atoms with E-state index < -0.39 is 0 Å². The van der Waals surface area contributed by atoms with Crippen LogP contribution in [0, 0.1) is 6.92 Å². The van der Waals surface area contributed by atoms with Gasteiger partial charge >= 0.3 is 5.97 Å². The molecule has 116 valence electrons. The fourth-order valence-electron chi connectivity index (χ4n) is 1.90. The van der Waals surface area contributed by atoms with E-state index in [1.807, 2.05) is 0 Å². The van der Waals surface area contributed by atoms with Crippen LogP contribution in [0.5, 0.6) is 0 Å². The Morgan fingerprint density at radius 1 is 1.14 bits per heavy atom. The minimum absolute atomic E-state index is 0.0706. The average Bonchev–Trinajstić information content (AvgIpc) is 2.47. The first-order valence-corrected chi connectivity index (χ1v) is 7.69. The van der Waals surface area contributed by atoms with Gasteiger partial charge in [-0.1, -0.05) is 48.4 Å². The van der Waals surface area contributed by atoms with Crippen molar-refractivity contribution >= 4 is 12.0 Å². The van der Waals surface area contributed by atoms with Crippen LogP contribution in [0.15, 0.2) is 30.3 Å². The summed E-state index contributed by atoms with van der Waals surface area (Å²) in [6, 6.07) is 8.52. The highest BCUT2D eigenvalue weighted by atomic mass is 16.6. The number of allylic oxidation sites excluding steroid dienone is 1. The molecule has 21 heavy (non-hydrogen) atoms. The summed E-state index contributed by atoms with van der Waals surface area (Å²) in [5.41, 5.74) is 2.54. The molecule has 1 rings (SSSR count). The number of esters is 1. The maximum absolute atomic E-state index is 11.0. The van der Waals surface area contributed by atoms with Crippen LogP contribution < -0.4 is 0 Å². The van der Waals surface area contributed by atoms with Gasteiger partial charge in [0.05, 0.1) is 6.61 Å². The van der Waals surface area contributed by atoms with Crippen molar-refractivity contribution in [3.05, 3.63) is 41.5 Å². The summed E-state index contributed by atoms with van der Waals surface area (Å²) < 4.78 is 10.0. The van der Waals surface area contributed by atoms with Crippen molar-refractivity contribution in [2.75, 3.05) is 19.8 Å². The third-order valence-electron chi connectivity index (χ3n) is 3.07. The molecule has 0 N–H and O–H groups in total. The second-order valence-electron chi connectivity index (χ2n) is 5.02. The number of aryl methyl sites for hydroxylation is 1. The first kappa shape index (κ1) is 17.4. The van der Waals surface area contributed by atoms with E-state index >= 15 is 0 Å². The molecule has 0 aromatic heterocycles. The molecule has 0 radical (unpaired) electrons. The third kappa shape index (κ3) is 9.03. The minimum atomic E-state index is -0.279. The SMILES string of the molecule is CCOC(=O)COCCCCCC=Cc1ccc(C)cc1. The monoisotopic (exact) mass is 290 g/mol. The molecule has 0 amide bonds. The summed E-state index contributed by atoms with van der Waals surface area (Å²) in [5, 5.41) is 0. The summed E-state index contributed by atoms with van der Waals surface area (Å²) in [5.74, 6) is -0.279. The largest absolute Gasteiger partial charge is 0.464 e. The standard InChI is InChI=1S/C18H26O3/c1-3-21-18(19)15-20-14-8-6-4-5-7-9-17-12-10-16(2)11-13-17/h7,9-13H,3-6,8,14-15H2,1-2H3. The quantitative estimate of drug-likeness (QED) is 0.480. The Bertz CT molecular complexity index is 421. The van der Waals surface area contributed by atoms with Crippen molar-refractivity contribution in [1.29, 1.82) is 0 Å². The van der Waals surface area contributed by atoms with Gasteiger partial charge in [-0.3, -0.25) is 0 Å². The lowest BCUT2D eigenvalue weighted by atomic mass is 10.1. The summed E-state index contributed by atoms with van der Waals surface area (Å²) in [4.78, 5) is 11.0. The summed E-state index contributed by atoms with van der Waals surface area (Å²) in [6.45, 7) is 5.00. The molecule has 0 spiro atoms. The van der Waals surface area contributed by atoms with Crippen LogP contribution in [-0.2, 0) is 14.3 Å². The number of benzene rings is 1. The highest BCUT2D eigenvalue weighted by molar-refractivity contribution is 5.70. The van der Waals surface area contributed by atoms with Crippen molar-refractivity contribution in [3.8, 4) is 0 Å². The third-order valence-corrected chi connectivity index (χ3v) is 3.07. The van der Waals surface area contributed by atoms with E-state index in [2.05, 4.69) is 43.3 Å². The number of unbranched alkanes of at least 4 members (excludes halogenated alkanes) is 3. The lowest BCUT2D eigenvalue weighted by Gasteiger charge is -2.03. The zero-order valence-electron chi connectivity index (χ0n) is 13.1. The number of carbonyl (C=O) groups is 1. The molecular weight excluding hydrogens is 264 g/mol. The van der Waals surface area contributed by atoms with Gasteiger partial charge < -0.3 is 9.47 Å². The van der Waals surface area contributed by atoms with Crippen LogP contribution in [-0.4, -0.2) is 25.8 Å². The Morgan fingerprint density at radius 2 is 1.90 bits per heavy atom. The molecule has 3 heteroatoms. The van der Waals surface area contributed by atoms with E-state index in [1.54, 1.807) is 6.92 Å². The van der Waals surface area contributed by atoms with Crippen LogP contribution in [0.4, 0.5) is 0 Å². The summed E-state index contributed by atoms with van der Waals surface area (Å²) in [6.07, 6.45) is 8.69. The zero-order valence-corrected chi connectivity index (χ0v) is 13.1. The summed E-state index contributed by atoms with van der Waals surface area (Å²) >= 11 is 0. The Hall–Kier alpha value is -1.61. The van der Waals surface area contributed by atoms with Crippen LogP contribution >= 0.6 is 0 Å². The van der Waals surface area contributed by atoms with Crippen LogP contribution in [0.2, 0.25) is 0 Å². The highest BCUT2D eigenvalue weighted by Crippen LogP contribution is 2.07. The van der Waals surface area contributed by atoms with Crippen molar-refractivity contribution < 1.29 is 14.3 Å². The first-order chi connectivity index (χ1) is 10.2. The lowest BCUT2D eigenvalue weighted by molar-refractivity contribution is -0.148. The fourth-order valence-corrected chi connectivity index (χ4v) is 1.90. The van der Waals surface area contributed by atoms with Crippen LogP contribution in [0.1, 0.15) is 43.7 Å². The average molecular weight is 290 g/mol. The molecular formula is C18H26O3. The number of hydrogen-bond acceptors (Lipinski definition) is 3. The van der Waals surface area contributed by atoms with Crippen LogP contribution in [0.25, 0.3) is 6.08 Å². The number of carbonyl (C=O) groups excluding carboxylic acids is 1. The van der Waals surface area contributed by atoms with Crippen LogP contribution in [0.3, 0.4) is 0 Å². The van der Waals surface area contributed by atoms with Gasteiger partial charge in [0.15, 0.2) is 0 Å². The van der Waals surface area contributed by atoms with Gasteiger partial charge in [-0.2, -0.15) is 0 Å². The number of rotatable bonds is 10. The molecule has 0 heterocycles. The van der Waals surface area contributed by atoms with Gasteiger partial charge in [-0.25, -0.2) is 4.79 Å². The number of ether oxygens (including phenoxy) is 2. The second kappa shape index (κ2) is 11.1. The Labute approximate surface area is 128 Å². The molecule has 0 saturated carbocycles. The van der Waals surface area contributed by atoms with Gasteiger partial charge in [0, 0.05) is 6.61 Å². The van der Waals surface area contributed by atoms with Gasteiger partial charge in [0.25, 0.3) is 0 Å². The zero-order chi connectivity index (χ0) is 15.3. The van der Waals surface area contributed by atoms with Crippen molar-refractivity contribution in [3.63, 3.8) is 0 Å². The molecule has 0 fully saturated rings. The predicted octanol–water partition coefficient (Wildman–Crippen LogP) is 4.15. The van der Waals surface area contributed by atoms with Gasteiger partial charge in [0.2, 0.25) is 0 Å². The molecule has 0 aliphatic carbocycles. The minimum Gasteiger partial charge on any atom is -0.464 e. The van der Waals surface area contributed by atoms with Gasteiger partial charge in [-0.05, 0) is 38.7 Å². The topological polar surface area (TPSA) is 35.5 Å². The second-order valence-corrected chi connectivity index (χ2v) is 5.02. The van der Waals surface area contributed by atoms with E-state index in [9.17, 15) is 4.79 Å². The van der Waals surface area contributed by atoms with E-state index in [1.165, 1.54) is 11.1 Å². The van der Waals surface area contributed by atoms with E-state index in [0.717, 1.165) is 25.7 Å². The smallest absolute Gasteiger partial charge is 0.332 e. The predicted molar refractivity (Wildman–Crippen MR) is 86.1 cm³/mol. The molecule has 0 unspecified atom stereocenters. The highest BCUT2D eigenvalue weighted by Gasteiger charge is 2.00. The molecule has 1 aromatic rings. The molecule has 0 aliphatic heterocycles. The Morgan fingerprint density at radius 3 is 2.62 bits per heavy atom. The maximum Gasteiger partial charge on any atom is 0.332 e. The lowest BCUT2D eigenvalue weighted by Crippen LogP contribution is -2.12. The van der Waals surface area contributed by atoms with Crippen molar-refractivity contribution in [2.24, 2.45) is 0 Å². The molecule has 1 aromatic carbocycles. The fraction of sp³-hybridized carbons (Fsp3) is 0.500. The number of hydrogen-bond donors (Lipinski definition) is 0. The van der Waals surface area contributed by atoms with Gasteiger partial charge in [0.1, 0.15) is 6.61 Å². The van der Waals surface area contributed by atoms with E-state index in [4.69, 9.17) is 9.47 Å². The van der Waals surface area contributed by atoms with Gasteiger partial charge in [-0.15, -0.1) is 0 Å². The molecule has 0 bridgehead atoms. The Kier molecular flexibility index (Phi) is 9.21. The summed E-state index contributed by atoms with van der Waals surface area (Å²) in [7, 11) is 0. The maximum atomic E-state index is 11.0. The molecule has 0 aliphatic rings. The van der Waals surface area contributed by atoms with Crippen molar-refractivity contribution in [2.45, 2.75) is 39.5 Å². The van der Waals surface area contributed by atoms with Crippen molar-refractivity contribution in [1.82, 2.24) is 0 Å². The normalized spacial score (nSPS) is 11.0. The van der Waals surface area contributed by atoms with E-state index in [0.29, 0.717) is 13.2 Å². The van der Waals surface area contributed by atoms with E-state index in [-0.39, 0.29) is 12.6 Å². The molecule has 3 nitrogen and oxygen atoms in total. The molecule has 0 saturated heterocycles. The molecule has 0 atom stereocenters.